The Labute approximate surface area is 134 Å². The van der Waals surface area contributed by atoms with Crippen molar-refractivity contribution in [3.8, 4) is 0 Å². The van der Waals surface area contributed by atoms with Gasteiger partial charge < -0.3 is 4.43 Å². The van der Waals surface area contributed by atoms with Gasteiger partial charge in [0.25, 0.3) is 0 Å². The van der Waals surface area contributed by atoms with E-state index in [0.717, 1.165) is 17.7 Å². The second kappa shape index (κ2) is 6.42. The van der Waals surface area contributed by atoms with Crippen molar-refractivity contribution >= 4 is 24.2 Å². The minimum absolute atomic E-state index is 0.0549. The minimum Gasteiger partial charge on any atom is -0.409 e. The molecule has 120 valence electrons. The van der Waals surface area contributed by atoms with Gasteiger partial charge in [-0.2, -0.15) is 13.2 Å². The molecule has 1 aromatic carbocycles. The number of benzene rings is 1. The summed E-state index contributed by atoms with van der Waals surface area (Å²) in [6.45, 7) is 10.7. The second-order valence-electron chi connectivity index (χ2n) is 6.64. The maximum Gasteiger partial charge on any atom is 0.416 e. The highest BCUT2D eigenvalue weighted by molar-refractivity contribution is 9.09. The first-order chi connectivity index (χ1) is 9.38. The Balaban J connectivity index is 2.96. The summed E-state index contributed by atoms with van der Waals surface area (Å²) in [6.07, 6.45) is -4.53. The quantitative estimate of drug-likeness (QED) is 0.447. The minimum atomic E-state index is -4.30. The van der Waals surface area contributed by atoms with Crippen LogP contribution in [0.1, 0.15) is 38.0 Å². The first-order valence-corrected chi connectivity index (χ1v) is 10.8. The van der Waals surface area contributed by atoms with Gasteiger partial charge in [-0.15, -0.1) is 0 Å². The van der Waals surface area contributed by atoms with E-state index in [4.69, 9.17) is 4.43 Å². The SMILES string of the molecule is CC(C)(C)[Si](C)(C)OC(CBr)c1ccc(C(F)(F)F)cc1. The molecule has 1 nitrogen and oxygen atoms in total. The van der Waals surface area contributed by atoms with Crippen molar-refractivity contribution in [3.05, 3.63) is 35.4 Å². The van der Waals surface area contributed by atoms with Crippen LogP contribution < -0.4 is 0 Å². The van der Waals surface area contributed by atoms with Crippen molar-refractivity contribution in [2.24, 2.45) is 0 Å². The highest BCUT2D eigenvalue weighted by Crippen LogP contribution is 2.40. The standard InChI is InChI=1S/C15H22BrF3OSi/c1-14(2,3)21(4,5)20-13(10-16)11-6-8-12(9-7-11)15(17,18)19/h6-9,13H,10H2,1-5H3. The fourth-order valence-corrected chi connectivity index (χ4v) is 3.64. The summed E-state index contributed by atoms with van der Waals surface area (Å²) >= 11 is 3.40. The molecule has 1 aromatic rings. The zero-order chi connectivity index (χ0) is 16.5. The Morgan fingerprint density at radius 3 is 1.90 bits per heavy atom. The van der Waals surface area contributed by atoms with Gasteiger partial charge in [0.1, 0.15) is 0 Å². The molecule has 1 atom stereocenters. The van der Waals surface area contributed by atoms with Crippen molar-refractivity contribution in [1.29, 1.82) is 0 Å². The van der Waals surface area contributed by atoms with E-state index in [1.165, 1.54) is 12.1 Å². The van der Waals surface area contributed by atoms with Crippen LogP contribution in [0.3, 0.4) is 0 Å². The van der Waals surface area contributed by atoms with Crippen LogP contribution in [0.25, 0.3) is 0 Å². The van der Waals surface area contributed by atoms with E-state index in [0.29, 0.717) is 5.33 Å². The van der Waals surface area contributed by atoms with Gasteiger partial charge in [0.2, 0.25) is 0 Å². The highest BCUT2D eigenvalue weighted by atomic mass is 79.9. The van der Waals surface area contributed by atoms with E-state index in [1.807, 2.05) is 0 Å². The molecule has 0 aliphatic rings. The number of halogens is 4. The normalized spacial score (nSPS) is 15.1. The molecule has 21 heavy (non-hydrogen) atoms. The van der Waals surface area contributed by atoms with Crippen LogP contribution in [-0.2, 0) is 10.6 Å². The molecule has 0 saturated carbocycles. The van der Waals surface area contributed by atoms with Crippen molar-refractivity contribution in [2.45, 2.75) is 51.2 Å². The van der Waals surface area contributed by atoms with Crippen molar-refractivity contribution in [1.82, 2.24) is 0 Å². The molecule has 0 radical (unpaired) electrons. The zero-order valence-corrected chi connectivity index (χ0v) is 15.6. The predicted octanol–water partition coefficient (Wildman–Crippen LogP) is 6.16. The van der Waals surface area contributed by atoms with Gasteiger partial charge in [-0.1, -0.05) is 48.8 Å². The molecule has 0 bridgehead atoms. The van der Waals surface area contributed by atoms with Crippen LogP contribution >= 0.6 is 15.9 Å². The highest BCUT2D eigenvalue weighted by Gasteiger charge is 2.39. The van der Waals surface area contributed by atoms with E-state index in [2.05, 4.69) is 49.8 Å². The number of hydrogen-bond donors (Lipinski definition) is 0. The molecular formula is C15H22BrF3OSi. The Hall–Kier alpha value is -0.333. The number of alkyl halides is 4. The lowest BCUT2D eigenvalue weighted by molar-refractivity contribution is -0.137. The van der Waals surface area contributed by atoms with Gasteiger partial charge in [0.05, 0.1) is 11.7 Å². The molecular weight excluding hydrogens is 361 g/mol. The third kappa shape index (κ3) is 4.83. The topological polar surface area (TPSA) is 9.23 Å². The fourth-order valence-electron chi connectivity index (χ4n) is 1.61. The summed E-state index contributed by atoms with van der Waals surface area (Å²) in [7, 11) is -1.97. The lowest BCUT2D eigenvalue weighted by atomic mass is 10.1. The maximum atomic E-state index is 12.6. The van der Waals surface area contributed by atoms with Crippen LogP contribution in [0, 0.1) is 0 Å². The molecule has 0 saturated heterocycles. The van der Waals surface area contributed by atoms with Crippen molar-refractivity contribution in [3.63, 3.8) is 0 Å². The van der Waals surface area contributed by atoms with Gasteiger partial charge in [-0.25, -0.2) is 0 Å². The van der Waals surface area contributed by atoms with E-state index in [1.54, 1.807) is 0 Å². The number of rotatable bonds is 4. The molecule has 0 heterocycles. The molecule has 0 N–H and O–H groups in total. The number of hydrogen-bond acceptors (Lipinski definition) is 1. The van der Waals surface area contributed by atoms with E-state index >= 15 is 0 Å². The van der Waals surface area contributed by atoms with Crippen molar-refractivity contribution < 1.29 is 17.6 Å². The first kappa shape index (κ1) is 18.7. The van der Waals surface area contributed by atoms with Crippen molar-refractivity contribution in [2.75, 3.05) is 5.33 Å². The Bertz CT molecular complexity index is 463. The second-order valence-corrected chi connectivity index (χ2v) is 12.0. The largest absolute Gasteiger partial charge is 0.416 e. The van der Waals surface area contributed by atoms with Gasteiger partial charge in [-0.3, -0.25) is 0 Å². The molecule has 6 heteroatoms. The lowest BCUT2D eigenvalue weighted by Gasteiger charge is -2.39. The van der Waals surface area contributed by atoms with Crippen LogP contribution in [0.15, 0.2) is 24.3 Å². The lowest BCUT2D eigenvalue weighted by Crippen LogP contribution is -2.42. The van der Waals surface area contributed by atoms with Gasteiger partial charge >= 0.3 is 6.18 Å². The van der Waals surface area contributed by atoms with E-state index < -0.39 is 20.1 Å². The summed E-state index contributed by atoms with van der Waals surface area (Å²) in [4.78, 5) is 0. The van der Waals surface area contributed by atoms with Gasteiger partial charge in [0.15, 0.2) is 8.32 Å². The molecule has 0 aromatic heterocycles. The summed E-state index contributed by atoms with van der Waals surface area (Å²) in [6, 6.07) is 5.23. The van der Waals surface area contributed by atoms with Gasteiger partial charge in [0, 0.05) is 5.33 Å². The summed E-state index contributed by atoms with van der Waals surface area (Å²) < 4.78 is 44.1. The Kier molecular flexibility index (Phi) is 5.72. The zero-order valence-electron chi connectivity index (χ0n) is 13.0. The molecule has 0 spiro atoms. The third-order valence-corrected chi connectivity index (χ3v) is 9.07. The molecule has 0 fully saturated rings. The van der Waals surface area contributed by atoms with Crippen LogP contribution in [0.4, 0.5) is 13.2 Å². The molecule has 0 amide bonds. The monoisotopic (exact) mass is 382 g/mol. The maximum absolute atomic E-state index is 12.6. The van der Waals surface area contributed by atoms with Gasteiger partial charge in [-0.05, 0) is 35.8 Å². The molecule has 0 aliphatic carbocycles. The summed E-state index contributed by atoms with van der Waals surface area (Å²) in [5.41, 5.74) is 0.136. The first-order valence-electron chi connectivity index (χ1n) is 6.79. The average Bonchev–Trinajstić information content (AvgIpc) is 2.33. The van der Waals surface area contributed by atoms with Crippen LogP contribution in [0.2, 0.25) is 18.1 Å². The predicted molar refractivity (Wildman–Crippen MR) is 86.3 cm³/mol. The van der Waals surface area contributed by atoms with E-state index in [-0.39, 0.29) is 11.1 Å². The Morgan fingerprint density at radius 2 is 1.57 bits per heavy atom. The fraction of sp³-hybridized carbons (Fsp3) is 0.600. The van der Waals surface area contributed by atoms with E-state index in [9.17, 15) is 13.2 Å². The Morgan fingerprint density at radius 1 is 1.10 bits per heavy atom. The average molecular weight is 383 g/mol. The molecule has 1 rings (SSSR count). The summed E-state index contributed by atoms with van der Waals surface area (Å²) in [5.74, 6) is 0. The van der Waals surface area contributed by atoms with Crippen LogP contribution in [0.5, 0.6) is 0 Å². The summed E-state index contributed by atoms with van der Waals surface area (Å²) in [5, 5.41) is 0.615. The third-order valence-electron chi connectivity index (χ3n) is 3.99. The molecule has 1 unspecified atom stereocenters. The van der Waals surface area contributed by atoms with Crippen LogP contribution in [-0.4, -0.2) is 13.6 Å². The smallest absolute Gasteiger partial charge is 0.409 e. The molecule has 0 aliphatic heterocycles.